The smallest absolute Gasteiger partial charge is 0.319 e. The van der Waals surface area contributed by atoms with Crippen LogP contribution in [-0.4, -0.2) is 90.7 Å². The van der Waals surface area contributed by atoms with E-state index in [0.29, 0.717) is 54.7 Å². The number of hydrogen-bond donors (Lipinski definition) is 7. The Kier molecular flexibility index (Phi) is 10.2. The van der Waals surface area contributed by atoms with Crippen LogP contribution in [0.25, 0.3) is 11.2 Å². The summed E-state index contributed by atoms with van der Waals surface area (Å²) in [7, 11) is 0. The average Bonchev–Trinajstić information content (AvgIpc) is 3.87. The van der Waals surface area contributed by atoms with Crippen LogP contribution in [0.15, 0.2) is 91.3 Å². The summed E-state index contributed by atoms with van der Waals surface area (Å²) in [6.07, 6.45) is 0.472. The third-order valence-electron chi connectivity index (χ3n) is 9.87. The number of anilines is 3. The molecule has 3 heterocycles. The number of nitrogens with one attached hydrogen (secondary N) is 4. The molecule has 3 amide bonds. The molecule has 2 aliphatic rings. The Balaban J connectivity index is 1.18. The number of urea groups is 1. The van der Waals surface area contributed by atoms with Crippen LogP contribution in [0.2, 0.25) is 0 Å². The fourth-order valence-corrected chi connectivity index (χ4v) is 7.14. The normalized spacial score (nSPS) is 21.4. The third kappa shape index (κ3) is 7.48. The molecule has 2 fully saturated rings. The molecule has 52 heavy (non-hydrogen) atoms. The van der Waals surface area contributed by atoms with Gasteiger partial charge in [0, 0.05) is 49.8 Å². The maximum atomic E-state index is 12.8. The van der Waals surface area contributed by atoms with E-state index in [1.807, 2.05) is 41.3 Å². The molecule has 1 aliphatic carbocycles. The number of aliphatic hydroxyl groups is 2. The van der Waals surface area contributed by atoms with Crippen molar-refractivity contribution < 1.29 is 24.9 Å². The maximum absolute atomic E-state index is 12.8. The molecule has 1 saturated carbocycles. The Morgan fingerprint density at radius 2 is 1.65 bits per heavy atom. The second-order valence-corrected chi connectivity index (χ2v) is 13.3. The molecular formula is C38H43N9O5. The topological polar surface area (TPSA) is 190 Å². The number of imidazole rings is 1. The van der Waals surface area contributed by atoms with Crippen molar-refractivity contribution in [3.05, 3.63) is 102 Å². The molecule has 1 aliphatic heterocycles. The Hall–Kier alpha value is -5.73. The van der Waals surface area contributed by atoms with Crippen molar-refractivity contribution in [3.8, 4) is 5.75 Å². The van der Waals surface area contributed by atoms with E-state index < -0.39 is 24.3 Å². The largest absolute Gasteiger partial charge is 0.508 e. The molecule has 1 unspecified atom stereocenters. The predicted molar refractivity (Wildman–Crippen MR) is 197 cm³/mol. The number of benzene rings is 3. The van der Waals surface area contributed by atoms with Gasteiger partial charge < -0.3 is 46.1 Å². The van der Waals surface area contributed by atoms with Crippen LogP contribution in [0, 0.1) is 0 Å². The van der Waals surface area contributed by atoms with Crippen molar-refractivity contribution in [1.82, 2.24) is 30.2 Å². The van der Waals surface area contributed by atoms with E-state index >= 15 is 0 Å². The van der Waals surface area contributed by atoms with E-state index in [-0.39, 0.29) is 42.5 Å². The summed E-state index contributed by atoms with van der Waals surface area (Å²) in [5.74, 6) is 0.785. The van der Waals surface area contributed by atoms with Gasteiger partial charge in [-0.3, -0.25) is 4.79 Å². The lowest BCUT2D eigenvalue weighted by atomic mass is 9.91. The fourth-order valence-electron chi connectivity index (χ4n) is 7.14. The molecule has 0 spiro atoms. The number of phenolic OH excluding ortho intramolecular Hbond substituents is 1. The monoisotopic (exact) mass is 705 g/mol. The number of aromatic hydroxyl groups is 1. The zero-order valence-electron chi connectivity index (χ0n) is 28.8. The van der Waals surface area contributed by atoms with Gasteiger partial charge in [0.25, 0.3) is 0 Å². The van der Waals surface area contributed by atoms with Gasteiger partial charge in [0.15, 0.2) is 17.0 Å². The van der Waals surface area contributed by atoms with Gasteiger partial charge in [0.2, 0.25) is 11.9 Å². The van der Waals surface area contributed by atoms with Gasteiger partial charge in [-0.2, -0.15) is 9.97 Å². The standard InChI is InChI=1S/C38H43N9O5/c1-2-31(49)43-29-19-30(34(51)33(29)50)47-22-40-32-35(39-20-28(23-10-5-3-6-11-23)24-12-7-4-8-13-24)44-37(45-36(32)47)46-17-16-26(21-46)42-38(52)41-25-14-9-15-27(48)18-25/h3-15,18,22,26,28-30,33-34,48,50-51H,2,16-17,19-21H2,1H3,(H,43,49)(H,39,44,45)(H2,41,42,52)/t26?,29-,30+,33+,34-/m0/s1. The Morgan fingerprint density at radius 1 is 0.923 bits per heavy atom. The van der Waals surface area contributed by atoms with Crippen molar-refractivity contribution in [2.75, 3.05) is 35.2 Å². The molecule has 0 bridgehead atoms. The third-order valence-corrected chi connectivity index (χ3v) is 9.87. The number of aliphatic hydroxyl groups excluding tert-OH is 2. The molecule has 270 valence electrons. The van der Waals surface area contributed by atoms with E-state index in [1.54, 1.807) is 30.0 Å². The van der Waals surface area contributed by atoms with Crippen molar-refractivity contribution >= 4 is 40.6 Å². The first-order valence-electron chi connectivity index (χ1n) is 17.6. The van der Waals surface area contributed by atoms with Crippen LogP contribution >= 0.6 is 0 Å². The van der Waals surface area contributed by atoms with Crippen LogP contribution in [0.5, 0.6) is 5.75 Å². The van der Waals surface area contributed by atoms with Gasteiger partial charge in [-0.1, -0.05) is 73.7 Å². The summed E-state index contributed by atoms with van der Waals surface area (Å²) in [5, 5.41) is 44.0. The molecule has 1 saturated heterocycles. The molecule has 7 rings (SSSR count). The highest BCUT2D eigenvalue weighted by Crippen LogP contribution is 2.35. The first kappa shape index (κ1) is 34.7. The zero-order chi connectivity index (χ0) is 36.2. The quantitative estimate of drug-likeness (QED) is 0.107. The number of aromatic nitrogens is 4. The van der Waals surface area contributed by atoms with Crippen LogP contribution in [0.1, 0.15) is 49.3 Å². The number of carbonyl (C=O) groups excluding carboxylic acids is 2. The number of amides is 3. The highest BCUT2D eigenvalue weighted by atomic mass is 16.3. The van der Waals surface area contributed by atoms with Crippen LogP contribution < -0.4 is 26.2 Å². The van der Waals surface area contributed by atoms with Crippen molar-refractivity contribution in [3.63, 3.8) is 0 Å². The van der Waals surface area contributed by atoms with Gasteiger partial charge in [0.1, 0.15) is 18.0 Å². The first-order valence-corrected chi connectivity index (χ1v) is 17.6. The highest BCUT2D eigenvalue weighted by molar-refractivity contribution is 5.90. The minimum absolute atomic E-state index is 0.00176. The summed E-state index contributed by atoms with van der Waals surface area (Å²) in [6, 6.07) is 25.0. The van der Waals surface area contributed by atoms with Gasteiger partial charge in [-0.25, -0.2) is 9.78 Å². The molecule has 0 radical (unpaired) electrons. The highest BCUT2D eigenvalue weighted by Gasteiger charge is 2.44. The van der Waals surface area contributed by atoms with E-state index in [9.17, 15) is 24.9 Å². The molecule has 14 nitrogen and oxygen atoms in total. The van der Waals surface area contributed by atoms with Gasteiger partial charge >= 0.3 is 6.03 Å². The predicted octanol–water partition coefficient (Wildman–Crippen LogP) is 3.74. The minimum Gasteiger partial charge on any atom is -0.508 e. The Labute approximate surface area is 300 Å². The van der Waals surface area contributed by atoms with Crippen molar-refractivity contribution in [1.29, 1.82) is 0 Å². The Morgan fingerprint density at radius 3 is 2.35 bits per heavy atom. The Bertz CT molecular complexity index is 1970. The summed E-state index contributed by atoms with van der Waals surface area (Å²) < 4.78 is 1.76. The number of phenols is 1. The van der Waals surface area contributed by atoms with Crippen molar-refractivity contribution in [2.45, 2.75) is 62.4 Å². The summed E-state index contributed by atoms with van der Waals surface area (Å²) in [5.41, 5.74) is 3.73. The van der Waals surface area contributed by atoms with Crippen LogP contribution in [0.3, 0.4) is 0 Å². The fraction of sp³-hybridized carbons (Fsp3) is 0.342. The number of hydrogen-bond acceptors (Lipinski definition) is 10. The van der Waals surface area contributed by atoms with E-state index in [4.69, 9.17) is 15.0 Å². The first-order chi connectivity index (χ1) is 25.3. The molecule has 5 atom stereocenters. The zero-order valence-corrected chi connectivity index (χ0v) is 28.8. The number of rotatable bonds is 11. The molecular weight excluding hydrogens is 662 g/mol. The van der Waals surface area contributed by atoms with Crippen LogP contribution in [0.4, 0.5) is 22.2 Å². The number of nitrogens with zero attached hydrogens (tertiary/aromatic N) is 5. The van der Waals surface area contributed by atoms with Gasteiger partial charge in [0.05, 0.1) is 18.4 Å². The lowest BCUT2D eigenvalue weighted by Gasteiger charge is -2.22. The SMILES string of the molecule is CCC(=O)N[C@H]1C[C@@H](n2cnc3c(NCC(c4ccccc4)c4ccccc4)nc(N4CCC(NC(=O)Nc5cccc(O)c5)C4)nc32)[C@H](O)[C@@H]1O. The lowest BCUT2D eigenvalue weighted by Crippen LogP contribution is -2.42. The summed E-state index contributed by atoms with van der Waals surface area (Å²) >= 11 is 0. The summed E-state index contributed by atoms with van der Waals surface area (Å²) in [4.78, 5) is 41.7. The molecule has 7 N–H and O–H groups in total. The van der Waals surface area contributed by atoms with Gasteiger partial charge in [-0.05, 0) is 36.1 Å². The van der Waals surface area contributed by atoms with E-state index in [1.165, 1.54) is 12.1 Å². The second-order valence-electron chi connectivity index (χ2n) is 13.3. The second kappa shape index (κ2) is 15.3. The van der Waals surface area contributed by atoms with Crippen molar-refractivity contribution in [2.24, 2.45) is 0 Å². The van der Waals surface area contributed by atoms with Crippen LogP contribution in [-0.2, 0) is 4.79 Å². The minimum atomic E-state index is -1.17. The van der Waals surface area contributed by atoms with Gasteiger partial charge in [-0.15, -0.1) is 0 Å². The van der Waals surface area contributed by atoms with E-state index in [0.717, 1.165) is 11.1 Å². The number of fused-ring (bicyclic) bond motifs is 1. The number of carbonyl (C=O) groups is 2. The molecule has 2 aromatic heterocycles. The van der Waals surface area contributed by atoms with E-state index in [2.05, 4.69) is 45.5 Å². The molecule has 5 aromatic rings. The molecule has 14 heteroatoms. The average molecular weight is 706 g/mol. The maximum Gasteiger partial charge on any atom is 0.319 e. The summed E-state index contributed by atoms with van der Waals surface area (Å²) in [6.45, 7) is 3.25. The molecule has 3 aromatic carbocycles. The lowest BCUT2D eigenvalue weighted by molar-refractivity contribution is -0.122.